The van der Waals surface area contributed by atoms with Gasteiger partial charge in [-0.3, -0.25) is 14.4 Å². The van der Waals surface area contributed by atoms with Gasteiger partial charge in [0.1, 0.15) is 11.8 Å². The largest absolute Gasteiger partial charge is 0.494 e. The minimum atomic E-state index is -0.938. The SMILES string of the molecule is CCOc1ccc(N2C(=O)C[C@@H](N(Cc3ccc4c(c3)OCO4)C(=O)c3ccccc3)C2=O)cc1. The first-order valence-electron chi connectivity index (χ1n) is 11.4. The van der Waals surface area contributed by atoms with Crippen molar-refractivity contribution in [2.24, 2.45) is 0 Å². The van der Waals surface area contributed by atoms with Crippen LogP contribution in [0.25, 0.3) is 0 Å². The Hall–Kier alpha value is -4.33. The lowest BCUT2D eigenvalue weighted by Gasteiger charge is -2.28. The molecule has 0 radical (unpaired) electrons. The maximum atomic E-state index is 13.6. The molecule has 2 heterocycles. The summed E-state index contributed by atoms with van der Waals surface area (Å²) in [5.41, 5.74) is 1.65. The van der Waals surface area contributed by atoms with Gasteiger partial charge >= 0.3 is 0 Å². The van der Waals surface area contributed by atoms with Crippen LogP contribution in [0, 0.1) is 0 Å². The van der Waals surface area contributed by atoms with Gasteiger partial charge in [0, 0.05) is 12.1 Å². The predicted molar refractivity (Wildman–Crippen MR) is 127 cm³/mol. The second kappa shape index (κ2) is 9.50. The zero-order valence-corrected chi connectivity index (χ0v) is 19.2. The second-order valence-corrected chi connectivity index (χ2v) is 8.20. The summed E-state index contributed by atoms with van der Waals surface area (Å²) in [6.45, 7) is 2.66. The van der Waals surface area contributed by atoms with Crippen LogP contribution in [0.2, 0.25) is 0 Å². The van der Waals surface area contributed by atoms with Gasteiger partial charge in [-0.25, -0.2) is 4.90 Å². The lowest BCUT2D eigenvalue weighted by atomic mass is 10.1. The van der Waals surface area contributed by atoms with Crippen LogP contribution in [0.4, 0.5) is 5.69 Å². The van der Waals surface area contributed by atoms with Crippen molar-refractivity contribution in [2.45, 2.75) is 25.9 Å². The molecule has 0 N–H and O–H groups in total. The van der Waals surface area contributed by atoms with Gasteiger partial charge in [0.05, 0.1) is 18.7 Å². The number of amides is 3. The molecule has 1 atom stereocenters. The van der Waals surface area contributed by atoms with Crippen molar-refractivity contribution in [3.05, 3.63) is 83.9 Å². The van der Waals surface area contributed by atoms with Gasteiger partial charge in [-0.2, -0.15) is 0 Å². The highest BCUT2D eigenvalue weighted by molar-refractivity contribution is 6.23. The Bertz CT molecular complexity index is 1260. The fourth-order valence-electron chi connectivity index (χ4n) is 4.29. The average Bonchev–Trinajstić information content (AvgIpc) is 3.46. The van der Waals surface area contributed by atoms with E-state index < -0.39 is 11.9 Å². The van der Waals surface area contributed by atoms with E-state index in [0.717, 1.165) is 10.5 Å². The Labute approximate surface area is 202 Å². The zero-order valence-electron chi connectivity index (χ0n) is 19.2. The number of benzene rings is 3. The van der Waals surface area contributed by atoms with Crippen LogP contribution in [-0.4, -0.2) is 42.1 Å². The maximum Gasteiger partial charge on any atom is 0.257 e. The lowest BCUT2D eigenvalue weighted by Crippen LogP contribution is -2.45. The molecule has 3 amide bonds. The molecule has 1 saturated heterocycles. The van der Waals surface area contributed by atoms with Crippen LogP contribution in [0.1, 0.15) is 29.3 Å². The molecule has 35 heavy (non-hydrogen) atoms. The summed E-state index contributed by atoms with van der Waals surface area (Å²) in [6, 6.07) is 20.0. The molecule has 3 aromatic carbocycles. The molecule has 0 aromatic heterocycles. The number of carbonyl (C=O) groups excluding carboxylic acids is 3. The Morgan fingerprint density at radius 2 is 1.74 bits per heavy atom. The highest BCUT2D eigenvalue weighted by Gasteiger charge is 2.44. The van der Waals surface area contributed by atoms with E-state index >= 15 is 0 Å². The fraction of sp³-hybridized carbons (Fsp3) is 0.222. The van der Waals surface area contributed by atoms with E-state index in [9.17, 15) is 14.4 Å². The fourth-order valence-corrected chi connectivity index (χ4v) is 4.29. The van der Waals surface area contributed by atoms with E-state index in [0.29, 0.717) is 35.1 Å². The summed E-state index contributed by atoms with van der Waals surface area (Å²) in [6.07, 6.45) is -0.102. The van der Waals surface area contributed by atoms with Gasteiger partial charge in [0.15, 0.2) is 11.5 Å². The summed E-state index contributed by atoms with van der Waals surface area (Å²) in [5, 5.41) is 0. The van der Waals surface area contributed by atoms with Gasteiger partial charge in [-0.15, -0.1) is 0 Å². The normalized spacial score (nSPS) is 16.5. The van der Waals surface area contributed by atoms with Gasteiger partial charge < -0.3 is 19.1 Å². The van der Waals surface area contributed by atoms with Crippen molar-refractivity contribution in [1.82, 2.24) is 4.90 Å². The lowest BCUT2D eigenvalue weighted by molar-refractivity contribution is -0.122. The summed E-state index contributed by atoms with van der Waals surface area (Å²) in [5.74, 6) is 0.728. The third-order valence-electron chi connectivity index (χ3n) is 5.98. The second-order valence-electron chi connectivity index (χ2n) is 8.20. The number of carbonyl (C=O) groups is 3. The number of ether oxygens (including phenoxy) is 3. The summed E-state index contributed by atoms with van der Waals surface area (Å²) in [4.78, 5) is 42.6. The first-order valence-corrected chi connectivity index (χ1v) is 11.4. The van der Waals surface area contributed by atoms with Crippen LogP contribution in [-0.2, 0) is 16.1 Å². The molecule has 0 bridgehead atoms. The van der Waals surface area contributed by atoms with Crippen LogP contribution in [0.3, 0.4) is 0 Å². The molecule has 0 aliphatic carbocycles. The van der Waals surface area contributed by atoms with Crippen LogP contribution >= 0.6 is 0 Å². The number of anilines is 1. The number of hydrogen-bond acceptors (Lipinski definition) is 6. The zero-order chi connectivity index (χ0) is 24.4. The molecule has 2 aliphatic rings. The Kier molecular flexibility index (Phi) is 6.10. The smallest absolute Gasteiger partial charge is 0.257 e. The van der Waals surface area contributed by atoms with Crippen molar-refractivity contribution < 1.29 is 28.6 Å². The molecule has 3 aromatic rings. The van der Waals surface area contributed by atoms with E-state index in [1.54, 1.807) is 60.7 Å². The van der Waals surface area contributed by atoms with Gasteiger partial charge in [0.2, 0.25) is 12.7 Å². The average molecular weight is 472 g/mol. The van der Waals surface area contributed by atoms with Crippen LogP contribution in [0.15, 0.2) is 72.8 Å². The number of imide groups is 1. The van der Waals surface area contributed by atoms with E-state index in [4.69, 9.17) is 14.2 Å². The first-order chi connectivity index (χ1) is 17.0. The molecular formula is C27H24N2O6. The van der Waals surface area contributed by atoms with Gasteiger partial charge in [-0.05, 0) is 61.0 Å². The highest BCUT2D eigenvalue weighted by atomic mass is 16.7. The molecule has 2 aliphatic heterocycles. The number of hydrogen-bond donors (Lipinski definition) is 0. The van der Waals surface area contributed by atoms with Crippen LogP contribution < -0.4 is 19.1 Å². The quantitative estimate of drug-likeness (QED) is 0.487. The number of fused-ring (bicyclic) bond motifs is 1. The monoisotopic (exact) mass is 472 g/mol. The van der Waals surface area contributed by atoms with Crippen molar-refractivity contribution in [1.29, 1.82) is 0 Å². The van der Waals surface area contributed by atoms with Gasteiger partial charge in [0.25, 0.3) is 11.8 Å². The topological polar surface area (TPSA) is 85.4 Å². The predicted octanol–water partition coefficient (Wildman–Crippen LogP) is 3.79. The standard InChI is InChI=1S/C27H24N2O6/c1-2-33-21-11-9-20(10-12-21)29-25(30)15-22(27(29)32)28(26(31)19-6-4-3-5-7-19)16-18-8-13-23-24(14-18)35-17-34-23/h3-14,22H,2,15-17H2,1H3/t22-/m1/s1. The van der Waals surface area contributed by atoms with Crippen molar-refractivity contribution in [2.75, 3.05) is 18.3 Å². The maximum absolute atomic E-state index is 13.6. The molecule has 178 valence electrons. The van der Waals surface area contributed by atoms with Crippen LogP contribution in [0.5, 0.6) is 17.2 Å². The Morgan fingerprint density at radius 3 is 2.49 bits per heavy atom. The van der Waals surface area contributed by atoms with E-state index in [1.165, 1.54) is 4.90 Å². The summed E-state index contributed by atoms with van der Waals surface area (Å²) >= 11 is 0. The summed E-state index contributed by atoms with van der Waals surface area (Å²) in [7, 11) is 0. The molecule has 0 unspecified atom stereocenters. The highest BCUT2D eigenvalue weighted by Crippen LogP contribution is 2.34. The molecule has 0 saturated carbocycles. The molecule has 5 rings (SSSR count). The third-order valence-corrected chi connectivity index (χ3v) is 5.98. The van der Waals surface area contributed by atoms with Gasteiger partial charge in [-0.1, -0.05) is 24.3 Å². The van der Waals surface area contributed by atoms with E-state index in [1.807, 2.05) is 19.1 Å². The van der Waals surface area contributed by atoms with Crippen molar-refractivity contribution >= 4 is 23.4 Å². The molecule has 8 nitrogen and oxygen atoms in total. The minimum absolute atomic E-state index is 0.102. The minimum Gasteiger partial charge on any atom is -0.494 e. The molecule has 1 fully saturated rings. The summed E-state index contributed by atoms with van der Waals surface area (Å²) < 4.78 is 16.3. The van der Waals surface area contributed by atoms with Crippen molar-refractivity contribution in [3.63, 3.8) is 0 Å². The third kappa shape index (κ3) is 4.42. The Morgan fingerprint density at radius 1 is 1.00 bits per heavy atom. The Balaban J connectivity index is 1.45. The number of rotatable bonds is 7. The number of nitrogens with zero attached hydrogens (tertiary/aromatic N) is 2. The molecule has 0 spiro atoms. The van der Waals surface area contributed by atoms with Crippen molar-refractivity contribution in [3.8, 4) is 17.2 Å². The van der Waals surface area contributed by atoms with E-state index in [2.05, 4.69) is 0 Å². The van der Waals surface area contributed by atoms with E-state index in [-0.39, 0.29) is 31.6 Å². The molecule has 8 heteroatoms. The first kappa shape index (κ1) is 22.5. The molecular weight excluding hydrogens is 448 g/mol.